The van der Waals surface area contributed by atoms with Gasteiger partial charge in [0.15, 0.2) is 0 Å². The van der Waals surface area contributed by atoms with Crippen molar-refractivity contribution in [1.29, 1.82) is 0 Å². The molecular weight excluding hydrogens is 418 g/mol. The smallest absolute Gasteiger partial charge is 0.295 e. The summed E-state index contributed by atoms with van der Waals surface area (Å²) in [5.41, 5.74) is 1.30. The number of unbranched alkanes of at least 4 members (excludes halogenated alkanes) is 2. The maximum atomic E-state index is 13.1. The fraction of sp³-hybridized carbons (Fsp3) is 0.407. The molecule has 6 heteroatoms. The molecule has 0 saturated carbocycles. The first-order valence-corrected chi connectivity index (χ1v) is 11.7. The number of hydrogen-bond acceptors (Lipinski definition) is 5. The number of Topliss-reactive ketones (excluding diaryl/α,β-unsaturated/α-hetero) is 1. The molecule has 0 aromatic heterocycles. The first-order valence-electron chi connectivity index (χ1n) is 11.7. The van der Waals surface area contributed by atoms with E-state index < -0.39 is 17.7 Å². The maximum absolute atomic E-state index is 13.1. The standard InChI is InChI=1S/C27H33NO5/c1-5-7-8-16-28-24(19-12-14-21(15-13-19)33-18(3)4)23(26(30)27(28)31)25(29)20-10-9-11-22(17-20)32-6-2/h9-15,17-18,24,29H,5-8,16H2,1-4H3/b25-23-. The number of amides is 1. The Kier molecular flexibility index (Phi) is 8.15. The van der Waals surface area contributed by atoms with E-state index in [2.05, 4.69) is 6.92 Å². The summed E-state index contributed by atoms with van der Waals surface area (Å²) in [5, 5.41) is 11.2. The minimum atomic E-state index is -0.668. The van der Waals surface area contributed by atoms with Gasteiger partial charge in [-0.1, -0.05) is 44.0 Å². The number of aliphatic hydroxyl groups excluding tert-OH is 1. The molecule has 1 aliphatic rings. The summed E-state index contributed by atoms with van der Waals surface area (Å²) in [7, 11) is 0. The predicted octanol–water partition coefficient (Wildman–Crippen LogP) is 5.48. The van der Waals surface area contributed by atoms with Crippen molar-refractivity contribution < 1.29 is 24.2 Å². The lowest BCUT2D eigenvalue weighted by Crippen LogP contribution is -2.30. The SMILES string of the molecule is CCCCCN1C(=O)C(=O)/C(=C(\O)c2cccc(OCC)c2)C1c1ccc(OC(C)C)cc1. The van der Waals surface area contributed by atoms with Crippen LogP contribution in [0.25, 0.3) is 5.76 Å². The Morgan fingerprint density at radius 1 is 1.03 bits per heavy atom. The third-order valence-electron chi connectivity index (χ3n) is 5.53. The van der Waals surface area contributed by atoms with Crippen molar-refractivity contribution in [1.82, 2.24) is 4.90 Å². The van der Waals surface area contributed by atoms with Crippen molar-refractivity contribution in [2.75, 3.05) is 13.2 Å². The number of nitrogens with zero attached hydrogens (tertiary/aromatic N) is 1. The van der Waals surface area contributed by atoms with E-state index in [0.29, 0.717) is 30.2 Å². The van der Waals surface area contributed by atoms with Crippen molar-refractivity contribution in [2.45, 2.75) is 59.1 Å². The molecule has 1 unspecified atom stereocenters. The molecule has 0 bridgehead atoms. The third kappa shape index (κ3) is 5.56. The van der Waals surface area contributed by atoms with Crippen LogP contribution in [-0.4, -0.2) is 41.0 Å². The molecule has 33 heavy (non-hydrogen) atoms. The Hall–Kier alpha value is -3.28. The van der Waals surface area contributed by atoms with Crippen LogP contribution >= 0.6 is 0 Å². The van der Waals surface area contributed by atoms with Crippen molar-refractivity contribution in [3.8, 4) is 11.5 Å². The zero-order chi connectivity index (χ0) is 24.0. The second-order valence-electron chi connectivity index (χ2n) is 8.40. The third-order valence-corrected chi connectivity index (χ3v) is 5.53. The molecule has 2 aromatic rings. The van der Waals surface area contributed by atoms with Crippen molar-refractivity contribution in [3.63, 3.8) is 0 Å². The molecule has 176 valence electrons. The quantitative estimate of drug-likeness (QED) is 0.224. The molecule has 3 rings (SSSR count). The molecular formula is C27H33NO5. The van der Waals surface area contributed by atoms with Crippen LogP contribution in [0.3, 0.4) is 0 Å². The zero-order valence-corrected chi connectivity index (χ0v) is 19.8. The van der Waals surface area contributed by atoms with Gasteiger partial charge in [-0.25, -0.2) is 0 Å². The topological polar surface area (TPSA) is 76.1 Å². The van der Waals surface area contributed by atoms with Gasteiger partial charge in [0.25, 0.3) is 11.7 Å². The van der Waals surface area contributed by atoms with Gasteiger partial charge in [-0.3, -0.25) is 9.59 Å². The zero-order valence-electron chi connectivity index (χ0n) is 19.8. The van der Waals surface area contributed by atoms with Gasteiger partial charge < -0.3 is 19.5 Å². The van der Waals surface area contributed by atoms with Crippen LogP contribution in [0.1, 0.15) is 64.1 Å². The lowest BCUT2D eigenvalue weighted by molar-refractivity contribution is -0.139. The number of hydrogen-bond donors (Lipinski definition) is 1. The number of likely N-dealkylation sites (tertiary alicyclic amines) is 1. The van der Waals surface area contributed by atoms with Crippen molar-refractivity contribution in [2.24, 2.45) is 0 Å². The molecule has 1 atom stereocenters. The molecule has 2 aromatic carbocycles. The largest absolute Gasteiger partial charge is 0.507 e. The van der Waals surface area contributed by atoms with Crippen molar-refractivity contribution >= 4 is 17.4 Å². The summed E-state index contributed by atoms with van der Waals surface area (Å²) in [6.07, 6.45) is 2.77. The Labute approximate surface area is 195 Å². The minimum Gasteiger partial charge on any atom is -0.507 e. The average molecular weight is 452 g/mol. The summed E-state index contributed by atoms with van der Waals surface area (Å²) < 4.78 is 11.3. The molecule has 0 aliphatic carbocycles. The fourth-order valence-corrected chi connectivity index (χ4v) is 4.05. The Morgan fingerprint density at radius 3 is 2.39 bits per heavy atom. The number of carbonyl (C=O) groups is 2. The van der Waals surface area contributed by atoms with Gasteiger partial charge in [0, 0.05) is 12.1 Å². The van der Waals surface area contributed by atoms with E-state index in [1.807, 2.05) is 45.0 Å². The Morgan fingerprint density at radius 2 is 1.76 bits per heavy atom. The minimum absolute atomic E-state index is 0.0353. The number of rotatable bonds is 10. The normalized spacial score (nSPS) is 17.6. The molecule has 1 amide bonds. The lowest BCUT2D eigenvalue weighted by atomic mass is 9.95. The van der Waals surface area contributed by atoms with E-state index in [1.165, 1.54) is 0 Å². The second-order valence-corrected chi connectivity index (χ2v) is 8.40. The van der Waals surface area contributed by atoms with E-state index in [0.717, 1.165) is 24.8 Å². The van der Waals surface area contributed by atoms with Gasteiger partial charge in [0.2, 0.25) is 0 Å². The Bertz CT molecular complexity index is 1010. The molecule has 6 nitrogen and oxygen atoms in total. The highest BCUT2D eigenvalue weighted by atomic mass is 16.5. The highest BCUT2D eigenvalue weighted by molar-refractivity contribution is 6.46. The summed E-state index contributed by atoms with van der Waals surface area (Å²) >= 11 is 0. The molecule has 0 radical (unpaired) electrons. The van der Waals surface area contributed by atoms with Crippen LogP contribution in [0.5, 0.6) is 11.5 Å². The van der Waals surface area contributed by atoms with Gasteiger partial charge in [-0.2, -0.15) is 0 Å². The molecule has 1 N–H and O–H groups in total. The molecule has 0 spiro atoms. The number of benzene rings is 2. The summed E-state index contributed by atoms with van der Waals surface area (Å²) in [5.74, 6) is -0.147. The Balaban J connectivity index is 2.07. The number of ether oxygens (including phenoxy) is 2. The molecule has 1 heterocycles. The van der Waals surface area contributed by atoms with Gasteiger partial charge in [-0.05, 0) is 57.0 Å². The molecule has 1 saturated heterocycles. The predicted molar refractivity (Wildman–Crippen MR) is 128 cm³/mol. The number of carbonyl (C=O) groups excluding carboxylic acids is 2. The summed E-state index contributed by atoms with van der Waals surface area (Å²) in [4.78, 5) is 27.7. The van der Waals surface area contributed by atoms with Gasteiger partial charge in [0.05, 0.1) is 24.3 Å². The van der Waals surface area contributed by atoms with Crippen LogP contribution in [0.2, 0.25) is 0 Å². The summed E-state index contributed by atoms with van der Waals surface area (Å²) in [6, 6.07) is 13.6. The average Bonchev–Trinajstić information content (AvgIpc) is 3.04. The van der Waals surface area contributed by atoms with E-state index >= 15 is 0 Å². The van der Waals surface area contributed by atoms with E-state index in [9.17, 15) is 14.7 Å². The fourth-order valence-electron chi connectivity index (χ4n) is 4.05. The van der Waals surface area contributed by atoms with Crippen LogP contribution in [0.4, 0.5) is 0 Å². The molecule has 1 aliphatic heterocycles. The van der Waals surface area contributed by atoms with Crippen LogP contribution in [-0.2, 0) is 9.59 Å². The first kappa shape index (κ1) is 24.4. The number of aliphatic hydroxyl groups is 1. The highest BCUT2D eigenvalue weighted by Crippen LogP contribution is 2.40. The van der Waals surface area contributed by atoms with Crippen LogP contribution in [0.15, 0.2) is 54.1 Å². The van der Waals surface area contributed by atoms with Crippen LogP contribution < -0.4 is 9.47 Å². The summed E-state index contributed by atoms with van der Waals surface area (Å²) in [6.45, 7) is 8.80. The molecule has 1 fully saturated rings. The van der Waals surface area contributed by atoms with E-state index in [1.54, 1.807) is 29.2 Å². The number of ketones is 1. The van der Waals surface area contributed by atoms with Gasteiger partial charge in [-0.15, -0.1) is 0 Å². The second kappa shape index (κ2) is 11.0. The van der Waals surface area contributed by atoms with Gasteiger partial charge >= 0.3 is 0 Å². The van der Waals surface area contributed by atoms with Crippen LogP contribution in [0, 0.1) is 0 Å². The first-order chi connectivity index (χ1) is 15.9. The van der Waals surface area contributed by atoms with E-state index in [-0.39, 0.29) is 17.4 Å². The van der Waals surface area contributed by atoms with E-state index in [4.69, 9.17) is 9.47 Å². The van der Waals surface area contributed by atoms with Crippen molar-refractivity contribution in [3.05, 3.63) is 65.2 Å². The lowest BCUT2D eigenvalue weighted by Gasteiger charge is -2.25. The highest BCUT2D eigenvalue weighted by Gasteiger charge is 2.45. The van der Waals surface area contributed by atoms with Gasteiger partial charge in [0.1, 0.15) is 17.3 Å². The maximum Gasteiger partial charge on any atom is 0.295 e. The monoisotopic (exact) mass is 451 g/mol.